The topological polar surface area (TPSA) is 74.7 Å². The summed E-state index contributed by atoms with van der Waals surface area (Å²) in [7, 11) is 3.61. The quantitative estimate of drug-likeness (QED) is 0.519. The first-order valence-electron chi connectivity index (χ1n) is 8.44. The summed E-state index contributed by atoms with van der Waals surface area (Å²) < 4.78 is 4.87. The molecule has 26 heavy (non-hydrogen) atoms. The predicted molar refractivity (Wildman–Crippen MR) is 101 cm³/mol. The van der Waals surface area contributed by atoms with Crippen LogP contribution >= 0.6 is 0 Å². The summed E-state index contributed by atoms with van der Waals surface area (Å²) >= 11 is 0. The number of aryl methyl sites for hydroxylation is 2. The lowest BCUT2D eigenvalue weighted by Gasteiger charge is -2.16. The van der Waals surface area contributed by atoms with Gasteiger partial charge in [-0.2, -0.15) is 5.10 Å². The number of benzene rings is 1. The molecule has 7 heteroatoms. The summed E-state index contributed by atoms with van der Waals surface area (Å²) in [6.07, 6.45) is 1.76. The number of aromatic nitrogens is 5. The fourth-order valence-electron chi connectivity index (χ4n) is 3.30. The Morgan fingerprint density at radius 3 is 2.42 bits per heavy atom. The minimum Gasteiger partial charge on any atom is -0.328 e. The van der Waals surface area contributed by atoms with Crippen LogP contribution in [0, 0.1) is 0 Å². The van der Waals surface area contributed by atoms with Gasteiger partial charge in [0.1, 0.15) is 11.2 Å². The van der Waals surface area contributed by atoms with Gasteiger partial charge in [0, 0.05) is 37.7 Å². The van der Waals surface area contributed by atoms with Gasteiger partial charge < -0.3 is 4.57 Å². The average molecular weight is 349 g/mol. The average Bonchev–Trinajstić information content (AvgIpc) is 3.04. The van der Waals surface area contributed by atoms with Crippen molar-refractivity contribution in [2.24, 2.45) is 14.1 Å². The van der Waals surface area contributed by atoms with Gasteiger partial charge in [0.15, 0.2) is 11.5 Å². The van der Waals surface area contributed by atoms with E-state index >= 15 is 0 Å². The summed E-state index contributed by atoms with van der Waals surface area (Å²) in [5, 5.41) is 4.93. The summed E-state index contributed by atoms with van der Waals surface area (Å²) in [4.78, 5) is 31.1. The Morgan fingerprint density at radius 2 is 1.77 bits per heavy atom. The largest absolute Gasteiger partial charge is 0.328 e. The second-order valence-corrected chi connectivity index (χ2v) is 6.72. The lowest BCUT2D eigenvalue weighted by Crippen LogP contribution is -2.30. The van der Waals surface area contributed by atoms with Crippen LogP contribution in [-0.2, 0) is 14.1 Å². The molecule has 0 spiro atoms. The minimum absolute atomic E-state index is 0.0179. The Morgan fingerprint density at radius 1 is 1.04 bits per heavy atom. The summed E-state index contributed by atoms with van der Waals surface area (Å²) in [5.41, 5.74) is 0.465. The molecule has 0 aliphatic heterocycles. The molecule has 3 aromatic heterocycles. The molecule has 0 unspecified atom stereocenters. The number of rotatable bonds is 2. The highest BCUT2D eigenvalue weighted by Gasteiger charge is 2.21. The summed E-state index contributed by atoms with van der Waals surface area (Å²) in [5.74, 6) is 1.02. The van der Waals surface area contributed by atoms with E-state index in [0.29, 0.717) is 22.7 Å². The Labute approximate surface area is 149 Å². The number of hydrogen-bond donors (Lipinski definition) is 0. The molecule has 0 aliphatic rings. The van der Waals surface area contributed by atoms with Gasteiger partial charge in [0.25, 0.3) is 5.56 Å². The molecule has 0 N–H and O–H groups in total. The second kappa shape index (κ2) is 5.66. The van der Waals surface area contributed by atoms with Crippen molar-refractivity contribution in [2.45, 2.75) is 19.8 Å². The Bertz CT molecular complexity index is 1280. The monoisotopic (exact) mass is 349 g/mol. The van der Waals surface area contributed by atoms with Crippen molar-refractivity contribution in [1.29, 1.82) is 0 Å². The molecule has 0 fully saturated rings. The third-order valence-corrected chi connectivity index (χ3v) is 4.59. The van der Waals surface area contributed by atoms with Gasteiger partial charge in [-0.1, -0.05) is 26.0 Å². The molecule has 0 atom stereocenters. The zero-order valence-corrected chi connectivity index (χ0v) is 15.1. The molecule has 1 aromatic carbocycles. The minimum atomic E-state index is -0.385. The van der Waals surface area contributed by atoms with Crippen molar-refractivity contribution in [3.63, 3.8) is 0 Å². The predicted octanol–water partition coefficient (Wildman–Crippen LogP) is 2.09. The van der Waals surface area contributed by atoms with Gasteiger partial charge >= 0.3 is 0 Å². The van der Waals surface area contributed by atoms with Crippen molar-refractivity contribution >= 4 is 21.9 Å². The van der Waals surface area contributed by atoms with E-state index in [0.717, 1.165) is 5.52 Å². The molecule has 0 amide bonds. The molecule has 0 saturated carbocycles. The molecule has 7 nitrogen and oxygen atoms in total. The number of pyridine rings is 1. The van der Waals surface area contributed by atoms with E-state index in [1.165, 1.54) is 4.57 Å². The van der Waals surface area contributed by atoms with E-state index in [9.17, 15) is 9.59 Å². The lowest BCUT2D eigenvalue weighted by molar-refractivity contribution is 0.686. The van der Waals surface area contributed by atoms with Crippen LogP contribution in [-0.4, -0.2) is 23.9 Å². The smallest absolute Gasteiger partial charge is 0.272 e. The highest BCUT2D eigenvalue weighted by Crippen LogP contribution is 2.19. The zero-order valence-electron chi connectivity index (χ0n) is 15.1. The van der Waals surface area contributed by atoms with Gasteiger partial charge in [0.2, 0.25) is 5.43 Å². The maximum Gasteiger partial charge on any atom is 0.272 e. The Hall–Kier alpha value is -3.22. The molecular formula is C19H19N5O2. The van der Waals surface area contributed by atoms with Gasteiger partial charge in [-0.25, -0.2) is 9.55 Å². The van der Waals surface area contributed by atoms with Crippen LogP contribution in [0.5, 0.6) is 0 Å². The van der Waals surface area contributed by atoms with Crippen LogP contribution in [0.15, 0.2) is 46.1 Å². The van der Waals surface area contributed by atoms with Crippen LogP contribution in [0.1, 0.15) is 25.6 Å². The normalized spacial score (nSPS) is 11.7. The maximum atomic E-state index is 13.3. The third-order valence-electron chi connectivity index (χ3n) is 4.59. The van der Waals surface area contributed by atoms with E-state index in [-0.39, 0.29) is 22.3 Å². The van der Waals surface area contributed by atoms with E-state index in [1.54, 1.807) is 36.1 Å². The standard InChI is InChI=1S/C19H19N5O2/c1-11(2)17-20-18-15(19(26)24(17)14-9-10-22(3)21-14)16(25)12-7-5-6-8-13(12)23(18)4/h5-11H,1-4H3. The van der Waals surface area contributed by atoms with Gasteiger partial charge in [-0.3, -0.25) is 14.3 Å². The van der Waals surface area contributed by atoms with Crippen molar-refractivity contribution < 1.29 is 0 Å². The molecule has 0 saturated heterocycles. The molecular weight excluding hydrogens is 330 g/mol. The van der Waals surface area contributed by atoms with E-state index in [4.69, 9.17) is 4.98 Å². The first-order valence-corrected chi connectivity index (χ1v) is 8.44. The molecule has 0 radical (unpaired) electrons. The number of hydrogen-bond acceptors (Lipinski definition) is 4. The lowest BCUT2D eigenvalue weighted by atomic mass is 10.1. The van der Waals surface area contributed by atoms with Crippen LogP contribution < -0.4 is 11.0 Å². The number of para-hydroxylation sites is 1. The van der Waals surface area contributed by atoms with Crippen molar-refractivity contribution in [2.75, 3.05) is 0 Å². The highest BCUT2D eigenvalue weighted by atomic mass is 16.1. The molecule has 3 heterocycles. The Balaban J connectivity index is 2.27. The molecule has 0 aliphatic carbocycles. The fraction of sp³-hybridized carbons (Fsp3) is 0.263. The summed E-state index contributed by atoms with van der Waals surface area (Å²) in [6, 6.07) is 9.00. The summed E-state index contributed by atoms with van der Waals surface area (Å²) in [6.45, 7) is 3.93. The van der Waals surface area contributed by atoms with Gasteiger partial charge in [-0.15, -0.1) is 0 Å². The van der Waals surface area contributed by atoms with Crippen LogP contribution in [0.25, 0.3) is 27.8 Å². The number of nitrogens with zero attached hydrogens (tertiary/aromatic N) is 5. The first-order chi connectivity index (χ1) is 12.4. The van der Waals surface area contributed by atoms with E-state index in [2.05, 4.69) is 5.10 Å². The molecule has 0 bridgehead atoms. The maximum absolute atomic E-state index is 13.3. The van der Waals surface area contributed by atoms with Gasteiger partial charge in [0.05, 0.1) is 5.52 Å². The second-order valence-electron chi connectivity index (χ2n) is 6.72. The first kappa shape index (κ1) is 16.3. The van der Waals surface area contributed by atoms with Crippen molar-refractivity contribution in [3.8, 4) is 5.82 Å². The SMILES string of the molecule is CC(C)c1nc2c(c(=O)c3ccccc3n2C)c(=O)n1-c1ccn(C)n1. The van der Waals surface area contributed by atoms with Crippen LogP contribution in [0.3, 0.4) is 0 Å². The third kappa shape index (κ3) is 2.20. The Kier molecular flexibility index (Phi) is 3.54. The zero-order chi connectivity index (χ0) is 18.6. The van der Waals surface area contributed by atoms with E-state index < -0.39 is 0 Å². The van der Waals surface area contributed by atoms with Crippen molar-refractivity contribution in [3.05, 3.63) is 62.9 Å². The van der Waals surface area contributed by atoms with Gasteiger partial charge in [-0.05, 0) is 12.1 Å². The van der Waals surface area contributed by atoms with Crippen LogP contribution in [0.4, 0.5) is 0 Å². The molecule has 132 valence electrons. The fourth-order valence-corrected chi connectivity index (χ4v) is 3.30. The molecule has 4 aromatic rings. The van der Waals surface area contributed by atoms with Crippen molar-refractivity contribution in [1.82, 2.24) is 23.9 Å². The highest BCUT2D eigenvalue weighted by molar-refractivity contribution is 5.91. The molecule has 4 rings (SSSR count). The van der Waals surface area contributed by atoms with E-state index in [1.807, 2.05) is 37.6 Å². The number of fused-ring (bicyclic) bond motifs is 2. The van der Waals surface area contributed by atoms with Crippen LogP contribution in [0.2, 0.25) is 0 Å².